The first-order chi connectivity index (χ1) is 8.49. The lowest BCUT2D eigenvalue weighted by Crippen LogP contribution is -2.24. The van der Waals surface area contributed by atoms with Gasteiger partial charge in [0, 0.05) is 11.6 Å². The molecule has 0 aromatic heterocycles. The van der Waals surface area contributed by atoms with E-state index in [-0.39, 0.29) is 10.8 Å². The molecule has 18 heavy (non-hydrogen) atoms. The first-order valence-corrected chi connectivity index (χ1v) is 6.75. The fraction of sp³-hybridized carbons (Fsp3) is 0.500. The van der Waals surface area contributed by atoms with Gasteiger partial charge in [-0.1, -0.05) is 26.1 Å². The minimum Gasteiger partial charge on any atom is -0.389 e. The highest BCUT2D eigenvalue weighted by molar-refractivity contribution is 7.80. The van der Waals surface area contributed by atoms with Gasteiger partial charge >= 0.3 is 0 Å². The Balaban J connectivity index is 2.13. The van der Waals surface area contributed by atoms with Crippen molar-refractivity contribution < 1.29 is 4.39 Å². The quantitative estimate of drug-likeness (QED) is 0.824. The van der Waals surface area contributed by atoms with E-state index in [9.17, 15) is 4.39 Å². The van der Waals surface area contributed by atoms with Gasteiger partial charge in [0.05, 0.1) is 5.69 Å². The molecule has 2 rings (SSSR count). The van der Waals surface area contributed by atoms with E-state index in [0.717, 1.165) is 6.42 Å². The highest BCUT2D eigenvalue weighted by Crippen LogP contribution is 2.33. The van der Waals surface area contributed by atoms with Gasteiger partial charge in [0.25, 0.3) is 0 Å². The number of rotatable bonds is 3. The first kappa shape index (κ1) is 13.3. The largest absolute Gasteiger partial charge is 0.389 e. The lowest BCUT2D eigenvalue weighted by molar-refractivity contribution is 0.434. The second-order valence-electron chi connectivity index (χ2n) is 5.22. The Morgan fingerprint density at radius 3 is 2.61 bits per heavy atom. The molecule has 1 saturated carbocycles. The Hall–Kier alpha value is -1.16. The molecule has 1 fully saturated rings. The van der Waals surface area contributed by atoms with E-state index >= 15 is 0 Å². The normalized spacial score (nSPS) is 27.2. The predicted octanol–water partition coefficient (Wildman–Crippen LogP) is 3.31. The average molecular weight is 266 g/mol. The average Bonchev–Trinajstić information content (AvgIpc) is 2.63. The highest BCUT2D eigenvalue weighted by atomic mass is 32.1. The lowest BCUT2D eigenvalue weighted by atomic mass is 9.97. The summed E-state index contributed by atoms with van der Waals surface area (Å²) >= 11 is 4.83. The van der Waals surface area contributed by atoms with Gasteiger partial charge in [-0.25, -0.2) is 4.39 Å². The van der Waals surface area contributed by atoms with E-state index in [2.05, 4.69) is 19.2 Å². The molecule has 1 aliphatic carbocycles. The van der Waals surface area contributed by atoms with Crippen LogP contribution in [0.1, 0.15) is 32.3 Å². The minimum atomic E-state index is -0.285. The summed E-state index contributed by atoms with van der Waals surface area (Å²) < 4.78 is 13.9. The van der Waals surface area contributed by atoms with Crippen LogP contribution in [0.4, 0.5) is 10.1 Å². The molecular weight excluding hydrogens is 247 g/mol. The molecule has 0 radical (unpaired) electrons. The number of halogens is 1. The SMILES string of the molecule is CC1CCC(Nc2ccc(C(N)=S)cc2F)C1C. The molecule has 0 bridgehead atoms. The van der Waals surface area contributed by atoms with Gasteiger partial charge in [-0.05, 0) is 42.9 Å². The maximum absolute atomic E-state index is 13.9. The summed E-state index contributed by atoms with van der Waals surface area (Å²) in [5.41, 5.74) is 6.59. The van der Waals surface area contributed by atoms with Crippen LogP contribution in [0.2, 0.25) is 0 Å². The molecule has 3 atom stereocenters. The number of anilines is 1. The van der Waals surface area contributed by atoms with E-state index in [1.807, 2.05) is 0 Å². The van der Waals surface area contributed by atoms with Crippen molar-refractivity contribution in [2.45, 2.75) is 32.7 Å². The van der Waals surface area contributed by atoms with Crippen molar-refractivity contribution in [3.05, 3.63) is 29.6 Å². The predicted molar refractivity (Wildman–Crippen MR) is 77.3 cm³/mol. The van der Waals surface area contributed by atoms with Gasteiger partial charge in [0.2, 0.25) is 0 Å². The number of benzene rings is 1. The zero-order valence-electron chi connectivity index (χ0n) is 10.7. The van der Waals surface area contributed by atoms with Crippen molar-refractivity contribution in [2.24, 2.45) is 17.6 Å². The van der Waals surface area contributed by atoms with E-state index in [1.54, 1.807) is 12.1 Å². The number of hydrogen-bond acceptors (Lipinski definition) is 2. The number of nitrogens with one attached hydrogen (secondary N) is 1. The molecule has 0 spiro atoms. The van der Waals surface area contributed by atoms with Crippen molar-refractivity contribution in [1.82, 2.24) is 0 Å². The summed E-state index contributed by atoms with van der Waals surface area (Å²) in [5, 5.41) is 3.30. The number of hydrogen-bond donors (Lipinski definition) is 2. The van der Waals surface area contributed by atoms with Crippen molar-refractivity contribution >= 4 is 22.9 Å². The minimum absolute atomic E-state index is 0.225. The molecule has 1 aromatic carbocycles. The van der Waals surface area contributed by atoms with Crippen LogP contribution in [0.15, 0.2) is 18.2 Å². The molecule has 2 nitrogen and oxygen atoms in total. The van der Waals surface area contributed by atoms with Crippen LogP contribution in [0.5, 0.6) is 0 Å². The van der Waals surface area contributed by atoms with Gasteiger partial charge in [-0.2, -0.15) is 0 Å². The van der Waals surface area contributed by atoms with Crippen molar-refractivity contribution in [2.75, 3.05) is 5.32 Å². The van der Waals surface area contributed by atoms with E-state index in [1.165, 1.54) is 12.5 Å². The van der Waals surface area contributed by atoms with Crippen molar-refractivity contribution in [1.29, 1.82) is 0 Å². The first-order valence-electron chi connectivity index (χ1n) is 6.35. The Bertz CT molecular complexity index is 461. The monoisotopic (exact) mass is 266 g/mol. The molecule has 0 saturated heterocycles. The van der Waals surface area contributed by atoms with Crippen LogP contribution < -0.4 is 11.1 Å². The molecular formula is C14H19FN2S. The molecule has 4 heteroatoms. The molecule has 0 heterocycles. The summed E-state index contributed by atoms with van der Waals surface area (Å²) in [7, 11) is 0. The number of nitrogens with two attached hydrogens (primary N) is 1. The second kappa shape index (κ2) is 5.22. The van der Waals surface area contributed by atoms with Crippen molar-refractivity contribution in [3.63, 3.8) is 0 Å². The third-order valence-corrected chi connectivity index (χ3v) is 4.30. The topological polar surface area (TPSA) is 38.0 Å². The fourth-order valence-corrected chi connectivity index (χ4v) is 2.68. The fourth-order valence-electron chi connectivity index (χ4n) is 2.55. The van der Waals surface area contributed by atoms with E-state index < -0.39 is 0 Å². The van der Waals surface area contributed by atoms with Gasteiger partial charge in [-0.15, -0.1) is 0 Å². The molecule has 0 amide bonds. The summed E-state index contributed by atoms with van der Waals surface area (Å²) in [4.78, 5) is 0.225. The highest BCUT2D eigenvalue weighted by Gasteiger charge is 2.29. The van der Waals surface area contributed by atoms with Crippen LogP contribution in [0.3, 0.4) is 0 Å². The standard InChI is InChI=1S/C14H19FN2S/c1-8-3-5-12(9(8)2)17-13-6-4-10(14(16)18)7-11(13)15/h4,6-9,12,17H,3,5H2,1-2H3,(H2,16,18). The van der Waals surface area contributed by atoms with Crippen LogP contribution in [0, 0.1) is 17.7 Å². The van der Waals surface area contributed by atoms with Gasteiger partial charge in [-0.3, -0.25) is 0 Å². The van der Waals surface area contributed by atoms with Gasteiger partial charge < -0.3 is 11.1 Å². The molecule has 1 aliphatic rings. The Labute approximate surface area is 113 Å². The molecule has 3 unspecified atom stereocenters. The summed E-state index contributed by atoms with van der Waals surface area (Å²) in [5.74, 6) is 0.980. The lowest BCUT2D eigenvalue weighted by Gasteiger charge is -2.21. The zero-order valence-corrected chi connectivity index (χ0v) is 11.6. The third-order valence-electron chi connectivity index (χ3n) is 4.06. The third kappa shape index (κ3) is 2.64. The maximum atomic E-state index is 13.9. The van der Waals surface area contributed by atoms with Crippen molar-refractivity contribution in [3.8, 4) is 0 Å². The Morgan fingerprint density at radius 1 is 1.39 bits per heavy atom. The zero-order chi connectivity index (χ0) is 13.3. The Kier molecular flexibility index (Phi) is 3.85. The summed E-state index contributed by atoms with van der Waals surface area (Å²) in [6.45, 7) is 4.47. The van der Waals surface area contributed by atoms with Crippen LogP contribution in [0.25, 0.3) is 0 Å². The van der Waals surface area contributed by atoms with E-state index in [0.29, 0.717) is 29.1 Å². The van der Waals surface area contributed by atoms with Gasteiger partial charge in [0.1, 0.15) is 10.8 Å². The Morgan fingerprint density at radius 2 is 2.11 bits per heavy atom. The van der Waals surface area contributed by atoms with E-state index in [4.69, 9.17) is 18.0 Å². The van der Waals surface area contributed by atoms with Crippen LogP contribution in [-0.4, -0.2) is 11.0 Å². The molecule has 98 valence electrons. The van der Waals surface area contributed by atoms with Crippen LogP contribution >= 0.6 is 12.2 Å². The molecule has 1 aromatic rings. The number of thiocarbonyl (C=S) groups is 1. The summed E-state index contributed by atoms with van der Waals surface area (Å²) in [6.07, 6.45) is 2.30. The second-order valence-corrected chi connectivity index (χ2v) is 5.66. The molecule has 3 N–H and O–H groups in total. The maximum Gasteiger partial charge on any atom is 0.146 e. The smallest absolute Gasteiger partial charge is 0.146 e. The summed E-state index contributed by atoms with van der Waals surface area (Å²) in [6, 6.07) is 5.23. The van der Waals surface area contributed by atoms with Gasteiger partial charge in [0.15, 0.2) is 0 Å². The molecule has 0 aliphatic heterocycles. The van der Waals surface area contributed by atoms with Crippen LogP contribution in [-0.2, 0) is 0 Å².